The highest BCUT2D eigenvalue weighted by atomic mass is 35.5. The second-order valence-corrected chi connectivity index (χ2v) is 6.38. The van der Waals surface area contributed by atoms with E-state index in [9.17, 15) is 4.79 Å². The van der Waals surface area contributed by atoms with Gasteiger partial charge in [-0.15, -0.1) is 0 Å². The first-order chi connectivity index (χ1) is 9.65. The van der Waals surface area contributed by atoms with Gasteiger partial charge in [0.15, 0.2) is 0 Å². The molecule has 3 rings (SSSR count). The monoisotopic (exact) mass is 292 g/mol. The number of benzene rings is 1. The van der Waals surface area contributed by atoms with Gasteiger partial charge in [-0.1, -0.05) is 11.6 Å². The molecule has 0 bridgehead atoms. The van der Waals surface area contributed by atoms with Crippen LogP contribution < -0.4 is 5.32 Å². The largest absolute Gasteiger partial charge is 0.334 e. The average Bonchev–Trinajstić information content (AvgIpc) is 3.12. The zero-order valence-electron chi connectivity index (χ0n) is 11.9. The quantitative estimate of drug-likeness (QED) is 0.925. The van der Waals surface area contributed by atoms with E-state index in [0.29, 0.717) is 17.1 Å². The normalized spacial score (nSPS) is 22.0. The number of halogens is 1. The third kappa shape index (κ3) is 2.99. The molecule has 1 aromatic rings. The summed E-state index contributed by atoms with van der Waals surface area (Å²) in [6, 6.07) is 6.44. The molecule has 2 aliphatic rings. The number of amides is 1. The third-order valence-electron chi connectivity index (χ3n) is 4.25. The fourth-order valence-electron chi connectivity index (χ4n) is 2.96. The summed E-state index contributed by atoms with van der Waals surface area (Å²) >= 11 is 5.98. The van der Waals surface area contributed by atoms with Gasteiger partial charge in [0.05, 0.1) is 0 Å². The van der Waals surface area contributed by atoms with E-state index in [-0.39, 0.29) is 5.91 Å². The van der Waals surface area contributed by atoms with E-state index < -0.39 is 0 Å². The number of hydrogen-bond acceptors (Lipinski definition) is 2. The predicted molar refractivity (Wildman–Crippen MR) is 81.3 cm³/mol. The minimum atomic E-state index is 0.162. The molecule has 1 saturated heterocycles. The summed E-state index contributed by atoms with van der Waals surface area (Å²) in [6.45, 7) is 3.88. The Bertz CT molecular complexity index is 507. The molecule has 1 aliphatic heterocycles. The molecule has 0 spiro atoms. The molecular weight excluding hydrogens is 272 g/mol. The van der Waals surface area contributed by atoms with Crippen molar-refractivity contribution < 1.29 is 4.79 Å². The minimum absolute atomic E-state index is 0.162. The topological polar surface area (TPSA) is 32.3 Å². The summed E-state index contributed by atoms with van der Waals surface area (Å²) < 4.78 is 0. The van der Waals surface area contributed by atoms with E-state index in [0.717, 1.165) is 37.1 Å². The van der Waals surface area contributed by atoms with E-state index in [1.54, 1.807) is 6.07 Å². The SMILES string of the molecule is Cc1cc(Cl)ccc1C(=O)N(CC1CCCN1)C1CC1. The van der Waals surface area contributed by atoms with Crippen LogP contribution in [0, 0.1) is 6.92 Å². The summed E-state index contributed by atoms with van der Waals surface area (Å²) in [7, 11) is 0. The first kappa shape index (κ1) is 13.9. The Labute approximate surface area is 125 Å². The predicted octanol–water partition coefficient (Wildman–Crippen LogP) is 3.01. The minimum Gasteiger partial charge on any atom is -0.334 e. The van der Waals surface area contributed by atoms with Crippen LogP contribution in [0.25, 0.3) is 0 Å². The number of aryl methyl sites for hydroxylation is 1. The van der Waals surface area contributed by atoms with Crippen LogP contribution in [0.3, 0.4) is 0 Å². The standard InChI is InChI=1S/C16H21ClN2O/c1-11-9-12(17)4-7-15(11)16(20)19(14-5-6-14)10-13-3-2-8-18-13/h4,7,9,13-14,18H,2-3,5-6,8,10H2,1H3. The molecule has 1 amide bonds. The molecule has 0 aromatic heterocycles. The van der Waals surface area contributed by atoms with Gasteiger partial charge in [0.1, 0.15) is 0 Å². The lowest BCUT2D eigenvalue weighted by atomic mass is 10.1. The Balaban J connectivity index is 1.77. The summed E-state index contributed by atoms with van der Waals surface area (Å²) in [5.41, 5.74) is 1.76. The van der Waals surface area contributed by atoms with Gasteiger partial charge < -0.3 is 10.2 Å². The molecule has 1 aliphatic carbocycles. The number of rotatable bonds is 4. The van der Waals surface area contributed by atoms with Crippen LogP contribution in [0.5, 0.6) is 0 Å². The molecule has 20 heavy (non-hydrogen) atoms. The van der Waals surface area contributed by atoms with Crippen molar-refractivity contribution in [1.82, 2.24) is 10.2 Å². The van der Waals surface area contributed by atoms with Crippen molar-refractivity contribution in [2.75, 3.05) is 13.1 Å². The average molecular weight is 293 g/mol. The van der Waals surface area contributed by atoms with Crippen molar-refractivity contribution in [1.29, 1.82) is 0 Å². The fourth-order valence-corrected chi connectivity index (χ4v) is 3.18. The summed E-state index contributed by atoms with van der Waals surface area (Å²) in [5, 5.41) is 4.17. The lowest BCUT2D eigenvalue weighted by molar-refractivity contribution is 0.0728. The van der Waals surface area contributed by atoms with E-state index in [2.05, 4.69) is 10.2 Å². The van der Waals surface area contributed by atoms with Gasteiger partial charge in [-0.05, 0) is 62.9 Å². The molecular formula is C16H21ClN2O. The van der Waals surface area contributed by atoms with Crippen LogP contribution in [0.4, 0.5) is 0 Å². The molecule has 3 nitrogen and oxygen atoms in total. The van der Waals surface area contributed by atoms with Gasteiger partial charge in [0.25, 0.3) is 5.91 Å². The Kier molecular flexibility index (Phi) is 3.99. The third-order valence-corrected chi connectivity index (χ3v) is 4.48. The number of hydrogen-bond donors (Lipinski definition) is 1. The molecule has 2 fully saturated rings. The molecule has 4 heteroatoms. The van der Waals surface area contributed by atoms with Crippen LogP contribution in [0.2, 0.25) is 5.02 Å². The first-order valence-corrected chi connectivity index (χ1v) is 7.83. The Morgan fingerprint density at radius 2 is 2.20 bits per heavy atom. The van der Waals surface area contributed by atoms with Crippen molar-refractivity contribution >= 4 is 17.5 Å². The van der Waals surface area contributed by atoms with Gasteiger partial charge in [-0.2, -0.15) is 0 Å². The molecule has 0 radical (unpaired) electrons. The van der Waals surface area contributed by atoms with Crippen LogP contribution >= 0.6 is 11.6 Å². The Morgan fingerprint density at radius 3 is 2.80 bits per heavy atom. The summed E-state index contributed by atoms with van der Waals surface area (Å²) in [6.07, 6.45) is 4.68. The summed E-state index contributed by atoms with van der Waals surface area (Å²) in [5.74, 6) is 0.162. The van der Waals surface area contributed by atoms with Crippen molar-refractivity contribution in [2.45, 2.75) is 44.7 Å². The van der Waals surface area contributed by atoms with E-state index in [4.69, 9.17) is 11.6 Å². The van der Waals surface area contributed by atoms with Crippen molar-refractivity contribution in [3.05, 3.63) is 34.3 Å². The zero-order chi connectivity index (χ0) is 14.1. The van der Waals surface area contributed by atoms with Gasteiger partial charge >= 0.3 is 0 Å². The molecule has 1 heterocycles. The number of nitrogens with zero attached hydrogens (tertiary/aromatic N) is 1. The number of carbonyl (C=O) groups excluding carboxylic acids is 1. The van der Waals surface area contributed by atoms with Crippen LogP contribution in [0.1, 0.15) is 41.6 Å². The van der Waals surface area contributed by atoms with Crippen molar-refractivity contribution in [3.63, 3.8) is 0 Å². The van der Waals surface area contributed by atoms with Crippen LogP contribution in [-0.2, 0) is 0 Å². The number of carbonyl (C=O) groups is 1. The molecule has 1 atom stereocenters. The molecule has 1 saturated carbocycles. The van der Waals surface area contributed by atoms with Gasteiger partial charge in [0, 0.05) is 29.2 Å². The molecule has 1 N–H and O–H groups in total. The summed E-state index contributed by atoms with van der Waals surface area (Å²) in [4.78, 5) is 14.9. The van der Waals surface area contributed by atoms with Crippen LogP contribution in [-0.4, -0.2) is 36.0 Å². The van der Waals surface area contributed by atoms with Crippen molar-refractivity contribution in [3.8, 4) is 0 Å². The highest BCUT2D eigenvalue weighted by Crippen LogP contribution is 2.30. The molecule has 108 valence electrons. The van der Waals surface area contributed by atoms with Crippen LogP contribution in [0.15, 0.2) is 18.2 Å². The van der Waals surface area contributed by atoms with Gasteiger partial charge in [-0.3, -0.25) is 4.79 Å². The maximum absolute atomic E-state index is 12.8. The van der Waals surface area contributed by atoms with Crippen molar-refractivity contribution in [2.24, 2.45) is 0 Å². The maximum Gasteiger partial charge on any atom is 0.254 e. The smallest absolute Gasteiger partial charge is 0.254 e. The van der Waals surface area contributed by atoms with E-state index in [1.165, 1.54) is 12.8 Å². The molecule has 1 unspecified atom stereocenters. The zero-order valence-corrected chi connectivity index (χ0v) is 12.6. The fraction of sp³-hybridized carbons (Fsp3) is 0.562. The van der Waals surface area contributed by atoms with Gasteiger partial charge in [-0.25, -0.2) is 0 Å². The maximum atomic E-state index is 12.8. The Hall–Kier alpha value is -1.06. The lowest BCUT2D eigenvalue weighted by Crippen LogP contribution is -2.42. The first-order valence-electron chi connectivity index (χ1n) is 7.45. The highest BCUT2D eigenvalue weighted by Gasteiger charge is 2.35. The number of nitrogens with one attached hydrogen (secondary N) is 1. The van der Waals surface area contributed by atoms with E-state index >= 15 is 0 Å². The molecule has 1 aromatic carbocycles. The van der Waals surface area contributed by atoms with Gasteiger partial charge in [0.2, 0.25) is 0 Å². The highest BCUT2D eigenvalue weighted by molar-refractivity contribution is 6.30. The second kappa shape index (κ2) is 5.74. The second-order valence-electron chi connectivity index (χ2n) is 5.94. The lowest BCUT2D eigenvalue weighted by Gasteiger charge is -2.26. The van der Waals surface area contributed by atoms with E-state index in [1.807, 2.05) is 19.1 Å². The Morgan fingerprint density at radius 1 is 1.40 bits per heavy atom.